The van der Waals surface area contributed by atoms with Gasteiger partial charge in [-0.3, -0.25) is 4.57 Å². The maximum absolute atomic E-state index is 13.9. The van der Waals surface area contributed by atoms with Gasteiger partial charge in [0.1, 0.15) is 18.3 Å². The fourth-order valence-corrected chi connectivity index (χ4v) is 2.21. The van der Waals surface area contributed by atoms with Gasteiger partial charge in [0.2, 0.25) is 5.95 Å². The van der Waals surface area contributed by atoms with Crippen molar-refractivity contribution < 1.29 is 33.2 Å². The molecule has 0 unspecified atom stereocenters. The summed E-state index contributed by atoms with van der Waals surface area (Å²) >= 11 is 0. The van der Waals surface area contributed by atoms with Crippen LogP contribution in [0.2, 0.25) is 0 Å². The molecule has 3 rings (SSSR count). The Bertz CT molecular complexity index is 696. The number of halogens is 3. The zero-order valence-electron chi connectivity index (χ0n) is 10.2. The summed E-state index contributed by atoms with van der Waals surface area (Å²) in [5.41, 5.74) is -1.22. The van der Waals surface area contributed by atoms with Gasteiger partial charge in [-0.2, -0.15) is 28.1 Å². The van der Waals surface area contributed by atoms with E-state index in [1.165, 1.54) is 0 Å². The van der Waals surface area contributed by atoms with E-state index in [0.717, 1.165) is 0 Å². The fourth-order valence-electron chi connectivity index (χ4n) is 2.21. The van der Waals surface area contributed by atoms with Crippen molar-refractivity contribution in [3.05, 3.63) is 18.1 Å². The number of rotatable bonds is 2. The van der Waals surface area contributed by atoms with Crippen LogP contribution in [0.1, 0.15) is 6.23 Å². The number of aromatic nitrogens is 4. The van der Waals surface area contributed by atoms with E-state index in [1.54, 1.807) is 0 Å². The highest BCUT2D eigenvalue weighted by Gasteiger charge is 2.45. The van der Waals surface area contributed by atoms with Crippen LogP contribution in [0.25, 0.3) is 11.2 Å². The van der Waals surface area contributed by atoms with Crippen molar-refractivity contribution in [3.8, 4) is 0 Å². The van der Waals surface area contributed by atoms with E-state index in [9.17, 15) is 23.4 Å². The molecule has 0 spiro atoms. The van der Waals surface area contributed by atoms with Crippen LogP contribution in [-0.2, 0) is 4.74 Å². The van der Waals surface area contributed by atoms with Gasteiger partial charge in [-0.15, -0.1) is 0 Å². The Kier molecular flexibility index (Phi) is 3.28. The minimum atomic E-state index is -1.64. The van der Waals surface area contributed by atoms with Gasteiger partial charge in [-0.25, -0.2) is 0 Å². The Morgan fingerprint density at radius 3 is 2.43 bits per heavy atom. The summed E-state index contributed by atoms with van der Waals surface area (Å²) in [7, 11) is 0. The molecule has 1 fully saturated rings. The molecule has 1 saturated heterocycles. The Morgan fingerprint density at radius 2 is 1.81 bits per heavy atom. The molecule has 0 radical (unpaired) electrons. The number of hydrogen-bond donors (Lipinski definition) is 3. The van der Waals surface area contributed by atoms with Gasteiger partial charge in [-0.1, -0.05) is 0 Å². The van der Waals surface area contributed by atoms with Crippen LogP contribution in [-0.4, -0.2) is 59.8 Å². The molecule has 1 aliphatic rings. The van der Waals surface area contributed by atoms with Crippen LogP contribution in [0.4, 0.5) is 13.2 Å². The predicted molar refractivity (Wildman–Crippen MR) is 58.2 cm³/mol. The Balaban J connectivity index is 2.15. The standard InChI is InChI=1S/C10H9F3N4O4/c11-6-3-7(16-9(12)15-6)17(10(13)14-3)8-5(20)4(19)2(1-18)21-8/h2,4-5,8,18-20H,1H2/t2-,4+,5-,8-/m1/s1. The smallest absolute Gasteiger partial charge is 0.313 e. The van der Waals surface area contributed by atoms with E-state index in [0.29, 0.717) is 4.57 Å². The average Bonchev–Trinajstić information content (AvgIpc) is 2.89. The maximum Gasteiger partial charge on any atom is 0.313 e. The zero-order chi connectivity index (χ0) is 15.3. The average molecular weight is 306 g/mol. The third kappa shape index (κ3) is 2.05. The lowest BCUT2D eigenvalue weighted by Gasteiger charge is -2.16. The van der Waals surface area contributed by atoms with Crippen LogP contribution >= 0.6 is 0 Å². The van der Waals surface area contributed by atoms with Gasteiger partial charge >= 0.3 is 6.08 Å². The molecule has 3 N–H and O–H groups in total. The van der Waals surface area contributed by atoms with E-state index < -0.39 is 60.4 Å². The quantitative estimate of drug-likeness (QED) is 0.365. The van der Waals surface area contributed by atoms with Gasteiger partial charge in [0.25, 0.3) is 6.08 Å². The summed E-state index contributed by atoms with van der Waals surface area (Å²) in [5, 5.41) is 28.4. The highest BCUT2D eigenvalue weighted by atomic mass is 19.1. The van der Waals surface area contributed by atoms with Gasteiger partial charge in [0.15, 0.2) is 17.4 Å². The first-order valence-corrected chi connectivity index (χ1v) is 5.83. The van der Waals surface area contributed by atoms with E-state index >= 15 is 0 Å². The van der Waals surface area contributed by atoms with Crippen LogP contribution in [0.3, 0.4) is 0 Å². The summed E-state index contributed by atoms with van der Waals surface area (Å²) in [6, 6.07) is 0. The molecule has 4 atom stereocenters. The van der Waals surface area contributed by atoms with E-state index in [4.69, 9.17) is 9.84 Å². The molecule has 0 saturated carbocycles. The zero-order valence-corrected chi connectivity index (χ0v) is 10.2. The van der Waals surface area contributed by atoms with Gasteiger partial charge in [0.05, 0.1) is 6.61 Å². The van der Waals surface area contributed by atoms with Crippen LogP contribution < -0.4 is 0 Å². The largest absolute Gasteiger partial charge is 0.394 e. The molecule has 0 aromatic carbocycles. The molecule has 11 heteroatoms. The number of hydrogen-bond acceptors (Lipinski definition) is 7. The van der Waals surface area contributed by atoms with Gasteiger partial charge in [-0.05, 0) is 0 Å². The summed E-state index contributed by atoms with van der Waals surface area (Å²) in [5.74, 6) is -1.37. The van der Waals surface area contributed by atoms with E-state index in [2.05, 4.69) is 15.0 Å². The van der Waals surface area contributed by atoms with E-state index in [-0.39, 0.29) is 0 Å². The first-order valence-electron chi connectivity index (χ1n) is 5.83. The number of nitrogens with zero attached hydrogens (tertiary/aromatic N) is 4. The third-order valence-corrected chi connectivity index (χ3v) is 3.20. The monoisotopic (exact) mass is 306 g/mol. The molecule has 0 bridgehead atoms. The first-order chi connectivity index (χ1) is 9.93. The third-order valence-electron chi connectivity index (χ3n) is 3.20. The highest BCUT2D eigenvalue weighted by Crippen LogP contribution is 2.32. The second kappa shape index (κ2) is 4.87. The van der Waals surface area contributed by atoms with Crippen molar-refractivity contribution in [3.63, 3.8) is 0 Å². The Labute approximate surface area is 114 Å². The molecule has 0 aliphatic carbocycles. The summed E-state index contributed by atoms with van der Waals surface area (Å²) in [6.45, 7) is -0.638. The summed E-state index contributed by atoms with van der Waals surface area (Å²) < 4.78 is 45.9. The number of ether oxygens (including phenoxy) is 1. The van der Waals surface area contributed by atoms with E-state index in [1.807, 2.05) is 0 Å². The molecular weight excluding hydrogens is 297 g/mol. The molecular formula is C10H9F3N4O4. The Hall–Kier alpha value is -1.82. The maximum atomic E-state index is 13.9. The fraction of sp³-hybridized carbons (Fsp3) is 0.500. The van der Waals surface area contributed by atoms with Crippen molar-refractivity contribution in [2.45, 2.75) is 24.5 Å². The van der Waals surface area contributed by atoms with Crippen LogP contribution in [0.15, 0.2) is 0 Å². The predicted octanol–water partition coefficient (Wildman–Crippen LogP) is -1.14. The number of fused-ring (bicyclic) bond motifs is 1. The molecule has 2 aromatic heterocycles. The molecule has 8 nitrogen and oxygen atoms in total. The lowest BCUT2D eigenvalue weighted by Crippen LogP contribution is -2.33. The first kappa shape index (κ1) is 14.1. The normalized spacial score (nSPS) is 29.4. The lowest BCUT2D eigenvalue weighted by molar-refractivity contribution is -0.0558. The minimum absolute atomic E-state index is 0.493. The number of imidazole rings is 1. The molecule has 3 heterocycles. The van der Waals surface area contributed by atoms with Crippen LogP contribution in [0.5, 0.6) is 0 Å². The van der Waals surface area contributed by atoms with Crippen molar-refractivity contribution in [1.82, 2.24) is 19.5 Å². The Morgan fingerprint density at radius 1 is 1.10 bits per heavy atom. The summed E-state index contributed by atoms with van der Waals surface area (Å²) in [4.78, 5) is 9.19. The van der Waals surface area contributed by atoms with Crippen molar-refractivity contribution in [2.24, 2.45) is 0 Å². The SMILES string of the molecule is OC[C@H]1O[C@@H](n2c(F)nc3c(F)nc(F)nc32)[C@H](O)[C@H]1O. The number of aliphatic hydroxyl groups excluding tert-OH is 3. The lowest BCUT2D eigenvalue weighted by atomic mass is 10.1. The molecule has 114 valence electrons. The summed E-state index contributed by atoms with van der Waals surface area (Å²) in [6.07, 6.45) is -8.63. The molecule has 0 amide bonds. The second-order valence-corrected chi connectivity index (χ2v) is 4.44. The molecule has 2 aromatic rings. The highest BCUT2D eigenvalue weighted by molar-refractivity contribution is 5.70. The van der Waals surface area contributed by atoms with Gasteiger partial charge in [0, 0.05) is 0 Å². The van der Waals surface area contributed by atoms with Crippen molar-refractivity contribution >= 4 is 11.2 Å². The van der Waals surface area contributed by atoms with Crippen molar-refractivity contribution in [2.75, 3.05) is 6.61 Å². The van der Waals surface area contributed by atoms with Crippen LogP contribution in [0, 0.1) is 18.1 Å². The molecule has 21 heavy (non-hydrogen) atoms. The topological polar surface area (TPSA) is 114 Å². The van der Waals surface area contributed by atoms with Crippen molar-refractivity contribution in [1.29, 1.82) is 0 Å². The molecule has 1 aliphatic heterocycles. The minimum Gasteiger partial charge on any atom is -0.394 e. The second-order valence-electron chi connectivity index (χ2n) is 4.44. The van der Waals surface area contributed by atoms with Gasteiger partial charge < -0.3 is 20.1 Å². The number of aliphatic hydroxyl groups is 3.